The van der Waals surface area contributed by atoms with Gasteiger partial charge in [0.15, 0.2) is 0 Å². The fourth-order valence-electron chi connectivity index (χ4n) is 5.01. The molecular weight excluding hydrogens is 586 g/mol. The number of carbonyl (C=O) groups is 1. The lowest BCUT2D eigenvalue weighted by Crippen LogP contribution is -2.40. The van der Waals surface area contributed by atoms with Gasteiger partial charge in [0.05, 0.1) is 23.0 Å². The third-order valence-corrected chi connectivity index (χ3v) is 8.52. The predicted molar refractivity (Wildman–Crippen MR) is 143 cm³/mol. The van der Waals surface area contributed by atoms with Crippen molar-refractivity contribution in [1.29, 1.82) is 0 Å². The Kier molecular flexibility index (Phi) is 8.36. The Morgan fingerprint density at radius 2 is 1.90 bits per heavy atom. The number of alkyl halides is 4. The normalized spacial score (nSPS) is 18.2. The van der Waals surface area contributed by atoms with Gasteiger partial charge in [0.1, 0.15) is 23.7 Å². The summed E-state index contributed by atoms with van der Waals surface area (Å²) in [6.07, 6.45) is -1.33. The van der Waals surface area contributed by atoms with E-state index in [1.54, 1.807) is 12.1 Å². The Hall–Kier alpha value is -3.46. The van der Waals surface area contributed by atoms with Crippen LogP contribution in [-0.2, 0) is 21.5 Å². The van der Waals surface area contributed by atoms with E-state index < -0.39 is 46.8 Å². The van der Waals surface area contributed by atoms with Gasteiger partial charge in [0.25, 0.3) is 12.9 Å². The van der Waals surface area contributed by atoms with E-state index in [9.17, 15) is 30.8 Å². The van der Waals surface area contributed by atoms with Gasteiger partial charge in [0.2, 0.25) is 5.91 Å². The zero-order valence-corrected chi connectivity index (χ0v) is 23.5. The van der Waals surface area contributed by atoms with Crippen molar-refractivity contribution < 1.29 is 35.0 Å². The van der Waals surface area contributed by atoms with Crippen molar-refractivity contribution in [2.45, 2.75) is 50.6 Å². The van der Waals surface area contributed by atoms with E-state index >= 15 is 0 Å². The van der Waals surface area contributed by atoms with E-state index in [4.69, 9.17) is 9.17 Å². The first kappa shape index (κ1) is 29.0. The van der Waals surface area contributed by atoms with E-state index in [1.165, 1.54) is 16.2 Å². The minimum absolute atomic E-state index is 0.110. The summed E-state index contributed by atoms with van der Waals surface area (Å²) in [5.74, 6) is -0.0726. The predicted octanol–water partition coefficient (Wildman–Crippen LogP) is 5.03. The molecule has 2 aliphatic rings. The van der Waals surface area contributed by atoms with Crippen molar-refractivity contribution >= 4 is 32.9 Å². The maximum Gasteiger partial charge on any atom is 0.306 e. The fraction of sp³-hybridized carbons (Fsp3) is 0.423. The summed E-state index contributed by atoms with van der Waals surface area (Å²) < 4.78 is 81.5. The summed E-state index contributed by atoms with van der Waals surface area (Å²) in [5, 5.41) is 9.67. The highest BCUT2D eigenvalue weighted by molar-refractivity contribution is 7.86. The number of likely N-dealkylation sites (tertiary alicyclic amines) is 1. The number of hydrogen-bond acceptors (Lipinski definition) is 8. The van der Waals surface area contributed by atoms with Crippen LogP contribution in [0.3, 0.4) is 0 Å². The molecule has 1 unspecified atom stereocenters. The number of nitrogens with zero attached hydrogens (tertiary/aromatic N) is 4. The summed E-state index contributed by atoms with van der Waals surface area (Å²) in [6, 6.07) is 7.40. The van der Waals surface area contributed by atoms with Gasteiger partial charge in [-0.2, -0.15) is 13.5 Å². The molecule has 9 nitrogen and oxygen atoms in total. The first-order valence-corrected chi connectivity index (χ1v) is 15.5. The lowest BCUT2D eigenvalue weighted by Gasteiger charge is -2.31. The number of rotatable bonds is 9. The SMILES string of the molecule is CS(=O)(=O)Oc1ccccc1C1CC(c2csc(C3CCN(C(=O)Cn4nc(C(F)F)cc4C(F)F)CC3)n2)=CN1. The van der Waals surface area contributed by atoms with Gasteiger partial charge in [-0.3, -0.25) is 9.48 Å². The molecule has 1 atom stereocenters. The Labute approximate surface area is 238 Å². The van der Waals surface area contributed by atoms with Crippen molar-refractivity contribution in [3.8, 4) is 5.75 Å². The minimum Gasteiger partial charge on any atom is -0.383 e. The van der Waals surface area contributed by atoms with Crippen molar-refractivity contribution in [3.05, 3.63) is 69.6 Å². The number of hydrogen-bond donors (Lipinski definition) is 1. The average molecular weight is 614 g/mol. The van der Waals surface area contributed by atoms with Gasteiger partial charge >= 0.3 is 10.1 Å². The maximum absolute atomic E-state index is 13.3. The van der Waals surface area contributed by atoms with Crippen molar-refractivity contribution in [2.75, 3.05) is 19.3 Å². The van der Waals surface area contributed by atoms with Crippen molar-refractivity contribution in [3.63, 3.8) is 0 Å². The summed E-state index contributed by atoms with van der Waals surface area (Å²) in [6.45, 7) is 0.239. The average Bonchev–Trinajstić information content (AvgIpc) is 3.68. The van der Waals surface area contributed by atoms with Crippen LogP contribution < -0.4 is 9.50 Å². The van der Waals surface area contributed by atoms with Gasteiger partial charge in [0, 0.05) is 42.6 Å². The molecule has 220 valence electrons. The molecule has 0 spiro atoms. The van der Waals surface area contributed by atoms with Gasteiger partial charge in [-0.25, -0.2) is 22.5 Å². The monoisotopic (exact) mass is 613 g/mol. The number of para-hydroxylation sites is 1. The van der Waals surface area contributed by atoms with Crippen LogP contribution in [0.4, 0.5) is 17.6 Å². The van der Waals surface area contributed by atoms with E-state index in [1.807, 2.05) is 23.7 Å². The van der Waals surface area contributed by atoms with Crippen LogP contribution >= 0.6 is 11.3 Å². The molecule has 0 bridgehead atoms. The zero-order chi connectivity index (χ0) is 29.3. The number of halogens is 4. The molecule has 1 N–H and O–H groups in total. The van der Waals surface area contributed by atoms with Crippen LogP contribution in [0.5, 0.6) is 5.75 Å². The second kappa shape index (κ2) is 11.8. The highest BCUT2D eigenvalue weighted by Gasteiger charge is 2.29. The Morgan fingerprint density at radius 1 is 1.17 bits per heavy atom. The first-order valence-electron chi connectivity index (χ1n) is 12.8. The Balaban J connectivity index is 1.18. The van der Waals surface area contributed by atoms with Crippen LogP contribution in [0, 0.1) is 0 Å². The topological polar surface area (TPSA) is 106 Å². The summed E-state index contributed by atoms with van der Waals surface area (Å²) >= 11 is 1.52. The van der Waals surface area contributed by atoms with Gasteiger partial charge < -0.3 is 14.4 Å². The summed E-state index contributed by atoms with van der Waals surface area (Å²) in [5.41, 5.74) is 1.02. The number of benzene rings is 1. The summed E-state index contributed by atoms with van der Waals surface area (Å²) in [4.78, 5) is 19.1. The molecule has 2 aromatic heterocycles. The highest BCUT2D eigenvalue weighted by Crippen LogP contribution is 2.38. The lowest BCUT2D eigenvalue weighted by molar-refractivity contribution is -0.133. The van der Waals surface area contributed by atoms with Crippen molar-refractivity contribution in [1.82, 2.24) is 25.0 Å². The van der Waals surface area contributed by atoms with Gasteiger partial charge in [-0.1, -0.05) is 18.2 Å². The zero-order valence-electron chi connectivity index (χ0n) is 21.8. The molecule has 1 amide bonds. The van der Waals surface area contributed by atoms with E-state index in [-0.39, 0.29) is 17.7 Å². The molecule has 1 aromatic carbocycles. The van der Waals surface area contributed by atoms with Crippen LogP contribution in [0.1, 0.15) is 71.7 Å². The second-order valence-electron chi connectivity index (χ2n) is 9.90. The molecule has 4 heterocycles. The molecule has 41 heavy (non-hydrogen) atoms. The van der Waals surface area contributed by atoms with Crippen LogP contribution in [-0.4, -0.2) is 53.3 Å². The first-order chi connectivity index (χ1) is 19.5. The van der Waals surface area contributed by atoms with E-state index in [0.29, 0.717) is 43.1 Å². The summed E-state index contributed by atoms with van der Waals surface area (Å²) in [7, 11) is -3.68. The van der Waals surface area contributed by atoms with Gasteiger partial charge in [-0.15, -0.1) is 11.3 Å². The number of piperidine rings is 1. The van der Waals surface area contributed by atoms with E-state index in [0.717, 1.165) is 28.1 Å². The number of nitrogens with one attached hydrogen (secondary N) is 1. The molecular formula is C26H27F4N5O4S2. The molecule has 3 aromatic rings. The molecule has 0 saturated carbocycles. The molecule has 15 heteroatoms. The highest BCUT2D eigenvalue weighted by atomic mass is 32.2. The molecule has 2 aliphatic heterocycles. The molecule has 1 saturated heterocycles. The van der Waals surface area contributed by atoms with Gasteiger partial charge in [-0.05, 0) is 30.5 Å². The Morgan fingerprint density at radius 3 is 2.59 bits per heavy atom. The number of amides is 1. The smallest absolute Gasteiger partial charge is 0.306 e. The third-order valence-electron chi connectivity index (χ3n) is 7.03. The molecule has 0 aliphatic carbocycles. The quantitative estimate of drug-likeness (QED) is 0.266. The van der Waals surface area contributed by atoms with E-state index in [2.05, 4.69) is 10.4 Å². The Bertz CT molecular complexity index is 1550. The number of aromatic nitrogens is 3. The minimum atomic E-state index is -3.68. The maximum atomic E-state index is 13.3. The fourth-order valence-corrected chi connectivity index (χ4v) is 6.51. The molecule has 1 fully saturated rings. The van der Waals surface area contributed by atoms with Crippen LogP contribution in [0.2, 0.25) is 0 Å². The van der Waals surface area contributed by atoms with Crippen LogP contribution in [0.15, 0.2) is 41.9 Å². The molecule has 5 rings (SSSR count). The standard InChI is InChI=1S/C26H27F4N5O4S2/c1-41(37,38)39-22-5-3-2-4-17(22)18-10-16(12-31-18)20-14-40-26(32-20)15-6-8-34(9-7-15)23(36)13-35-21(25(29)30)11-19(33-35)24(27)28/h2-5,11-12,14-15,18,24-25,31H,6-10,13H2,1H3. The number of carbonyl (C=O) groups excluding carboxylic acids is 1. The van der Waals surface area contributed by atoms with Crippen LogP contribution in [0.25, 0.3) is 5.57 Å². The third kappa shape index (κ3) is 6.72. The van der Waals surface area contributed by atoms with Crippen molar-refractivity contribution in [2.24, 2.45) is 0 Å². The number of thiazole rings is 1. The second-order valence-corrected chi connectivity index (χ2v) is 12.4. The largest absolute Gasteiger partial charge is 0.383 e. The lowest BCUT2D eigenvalue weighted by atomic mass is 9.97. The molecule has 0 radical (unpaired) electrons.